The van der Waals surface area contributed by atoms with Crippen LogP contribution in [0.25, 0.3) is 11.1 Å². The van der Waals surface area contributed by atoms with Crippen molar-refractivity contribution in [2.45, 2.75) is 0 Å². The number of carboxylic acid groups (broad SMARTS) is 1. The fourth-order valence-corrected chi connectivity index (χ4v) is 1.92. The molecule has 0 spiro atoms. The third-order valence-electron chi connectivity index (χ3n) is 2.57. The highest BCUT2D eigenvalue weighted by molar-refractivity contribution is 6.31. The van der Waals surface area contributed by atoms with Gasteiger partial charge in [-0.05, 0) is 30.3 Å². The van der Waals surface area contributed by atoms with E-state index in [1.165, 1.54) is 13.2 Å². The first kappa shape index (κ1) is 13.2. The summed E-state index contributed by atoms with van der Waals surface area (Å²) < 4.78 is 5.21. The second kappa shape index (κ2) is 5.16. The van der Waals surface area contributed by atoms with Crippen molar-refractivity contribution in [2.24, 2.45) is 0 Å². The lowest BCUT2D eigenvalue weighted by Crippen LogP contribution is -2.06. The van der Waals surface area contributed by atoms with Crippen LogP contribution in [-0.2, 0) is 0 Å². The van der Waals surface area contributed by atoms with Gasteiger partial charge < -0.3 is 15.6 Å². The van der Waals surface area contributed by atoms with Crippen LogP contribution in [0.2, 0.25) is 5.02 Å². The topological polar surface area (TPSA) is 85.4 Å². The molecular formula is C13H11ClN2O3. The number of hydrogen-bond donors (Lipinski definition) is 2. The van der Waals surface area contributed by atoms with Crippen molar-refractivity contribution in [3.05, 3.63) is 41.0 Å². The number of rotatable bonds is 3. The molecule has 0 saturated carbocycles. The zero-order valence-electron chi connectivity index (χ0n) is 10.1. The average Bonchev–Trinajstić information content (AvgIpc) is 2.38. The Kier molecular flexibility index (Phi) is 3.57. The minimum atomic E-state index is -1.16. The van der Waals surface area contributed by atoms with Crippen molar-refractivity contribution in [2.75, 3.05) is 12.8 Å². The van der Waals surface area contributed by atoms with Crippen molar-refractivity contribution in [1.29, 1.82) is 0 Å². The van der Waals surface area contributed by atoms with Gasteiger partial charge in [0.05, 0.1) is 7.11 Å². The number of anilines is 1. The summed E-state index contributed by atoms with van der Waals surface area (Å²) in [4.78, 5) is 15.1. The number of aromatic carboxylic acids is 1. The molecule has 0 saturated heterocycles. The van der Waals surface area contributed by atoms with Gasteiger partial charge in [-0.1, -0.05) is 11.6 Å². The highest BCUT2D eigenvalue weighted by Gasteiger charge is 2.17. The van der Waals surface area contributed by atoms with Crippen LogP contribution in [0.5, 0.6) is 5.75 Å². The minimum Gasteiger partial charge on any atom is -0.496 e. The Morgan fingerprint density at radius 2 is 2.05 bits per heavy atom. The number of ether oxygens (including phenoxy) is 1. The van der Waals surface area contributed by atoms with E-state index < -0.39 is 5.97 Å². The van der Waals surface area contributed by atoms with Gasteiger partial charge in [-0.3, -0.25) is 0 Å². The van der Waals surface area contributed by atoms with Crippen molar-refractivity contribution in [3.8, 4) is 16.9 Å². The van der Waals surface area contributed by atoms with Crippen LogP contribution in [0, 0.1) is 0 Å². The summed E-state index contributed by atoms with van der Waals surface area (Å²) in [6, 6.07) is 8.07. The second-order valence-corrected chi connectivity index (χ2v) is 4.22. The van der Waals surface area contributed by atoms with Gasteiger partial charge in [0, 0.05) is 16.1 Å². The van der Waals surface area contributed by atoms with E-state index in [0.717, 1.165) is 0 Å². The Morgan fingerprint density at radius 1 is 1.32 bits per heavy atom. The van der Waals surface area contributed by atoms with E-state index in [4.69, 9.17) is 22.1 Å². The number of methoxy groups -OCH3 is 1. The van der Waals surface area contributed by atoms with Gasteiger partial charge in [-0.15, -0.1) is 0 Å². The number of nitrogen functional groups attached to an aromatic ring is 1. The summed E-state index contributed by atoms with van der Waals surface area (Å²) in [5.41, 5.74) is 6.33. The minimum absolute atomic E-state index is 0.138. The van der Waals surface area contributed by atoms with Crippen molar-refractivity contribution in [3.63, 3.8) is 0 Å². The Morgan fingerprint density at radius 3 is 2.68 bits per heavy atom. The summed E-state index contributed by atoms with van der Waals surface area (Å²) in [5.74, 6) is -0.509. The molecule has 2 rings (SSSR count). The number of nitrogens with two attached hydrogens (primary N) is 1. The molecule has 0 aliphatic carbocycles. The number of carboxylic acids is 1. The highest BCUT2D eigenvalue weighted by atomic mass is 35.5. The SMILES string of the molecule is COc1ccc(Cl)cc1-c1ccc(N)nc1C(=O)O. The highest BCUT2D eigenvalue weighted by Crippen LogP contribution is 2.34. The molecule has 0 aliphatic rings. The molecule has 0 unspecified atom stereocenters. The molecule has 1 aromatic carbocycles. The molecular weight excluding hydrogens is 268 g/mol. The van der Waals surface area contributed by atoms with Crippen molar-refractivity contribution >= 4 is 23.4 Å². The van der Waals surface area contributed by atoms with E-state index in [2.05, 4.69) is 4.98 Å². The number of pyridine rings is 1. The molecule has 2 aromatic rings. The van der Waals surface area contributed by atoms with Crippen molar-refractivity contribution < 1.29 is 14.6 Å². The molecule has 0 aliphatic heterocycles. The summed E-state index contributed by atoms with van der Waals surface area (Å²) in [7, 11) is 1.50. The molecule has 0 fully saturated rings. The predicted octanol–water partition coefficient (Wildman–Crippen LogP) is 2.69. The Balaban J connectivity index is 2.71. The lowest BCUT2D eigenvalue weighted by Gasteiger charge is -2.11. The van der Waals surface area contributed by atoms with E-state index in [9.17, 15) is 9.90 Å². The van der Waals surface area contributed by atoms with Crippen molar-refractivity contribution in [1.82, 2.24) is 4.98 Å². The van der Waals surface area contributed by atoms with Gasteiger partial charge in [-0.2, -0.15) is 0 Å². The largest absolute Gasteiger partial charge is 0.496 e. The van der Waals surface area contributed by atoms with Crippen LogP contribution < -0.4 is 10.5 Å². The molecule has 98 valence electrons. The van der Waals surface area contributed by atoms with E-state index >= 15 is 0 Å². The van der Waals surface area contributed by atoms with Gasteiger partial charge in [0.2, 0.25) is 0 Å². The average molecular weight is 279 g/mol. The first-order chi connectivity index (χ1) is 9.02. The first-order valence-corrected chi connectivity index (χ1v) is 5.74. The third-order valence-corrected chi connectivity index (χ3v) is 2.81. The Hall–Kier alpha value is -2.27. The number of benzene rings is 1. The molecule has 1 aromatic heterocycles. The molecule has 0 radical (unpaired) electrons. The van der Waals surface area contributed by atoms with Crippen LogP contribution in [-0.4, -0.2) is 23.2 Å². The normalized spacial score (nSPS) is 10.2. The molecule has 1 heterocycles. The number of carbonyl (C=O) groups is 1. The summed E-state index contributed by atoms with van der Waals surface area (Å²) in [6.45, 7) is 0. The maximum Gasteiger partial charge on any atom is 0.355 e. The quantitative estimate of drug-likeness (QED) is 0.901. The molecule has 5 nitrogen and oxygen atoms in total. The third kappa shape index (κ3) is 2.61. The monoisotopic (exact) mass is 278 g/mol. The van der Waals surface area contributed by atoms with E-state index in [-0.39, 0.29) is 11.5 Å². The molecule has 6 heteroatoms. The lowest BCUT2D eigenvalue weighted by molar-refractivity contribution is 0.0691. The zero-order valence-corrected chi connectivity index (χ0v) is 10.8. The molecule has 0 amide bonds. The lowest BCUT2D eigenvalue weighted by atomic mass is 10.0. The van der Waals surface area contributed by atoms with Crippen LogP contribution in [0.4, 0.5) is 5.82 Å². The first-order valence-electron chi connectivity index (χ1n) is 5.36. The van der Waals surface area contributed by atoms with E-state index in [0.29, 0.717) is 21.9 Å². The summed E-state index contributed by atoms with van der Waals surface area (Å²) >= 11 is 5.94. The Bertz CT molecular complexity index is 644. The smallest absolute Gasteiger partial charge is 0.355 e. The predicted molar refractivity (Wildman–Crippen MR) is 72.6 cm³/mol. The summed E-state index contributed by atoms with van der Waals surface area (Å²) in [5, 5.41) is 9.67. The van der Waals surface area contributed by atoms with Gasteiger partial charge in [0.1, 0.15) is 11.6 Å². The maximum atomic E-state index is 11.2. The van der Waals surface area contributed by atoms with Crippen LogP contribution in [0.3, 0.4) is 0 Å². The maximum absolute atomic E-state index is 11.2. The van der Waals surface area contributed by atoms with Crippen LogP contribution >= 0.6 is 11.6 Å². The molecule has 0 bridgehead atoms. The van der Waals surface area contributed by atoms with E-state index in [1.54, 1.807) is 24.3 Å². The summed E-state index contributed by atoms with van der Waals surface area (Å²) in [6.07, 6.45) is 0. The number of hydrogen-bond acceptors (Lipinski definition) is 4. The van der Waals surface area contributed by atoms with E-state index in [1.807, 2.05) is 0 Å². The van der Waals surface area contributed by atoms with Crippen LogP contribution in [0.15, 0.2) is 30.3 Å². The second-order valence-electron chi connectivity index (χ2n) is 3.78. The van der Waals surface area contributed by atoms with Gasteiger partial charge >= 0.3 is 5.97 Å². The number of aromatic nitrogens is 1. The molecule has 19 heavy (non-hydrogen) atoms. The van der Waals surface area contributed by atoms with Gasteiger partial charge in [0.25, 0.3) is 0 Å². The Labute approximate surface area is 114 Å². The number of nitrogens with zero attached hydrogens (tertiary/aromatic N) is 1. The fraction of sp³-hybridized carbons (Fsp3) is 0.0769. The fourth-order valence-electron chi connectivity index (χ4n) is 1.75. The van der Waals surface area contributed by atoms with Gasteiger partial charge in [0.15, 0.2) is 5.69 Å². The van der Waals surface area contributed by atoms with Gasteiger partial charge in [-0.25, -0.2) is 9.78 Å². The van der Waals surface area contributed by atoms with Crippen LogP contribution in [0.1, 0.15) is 10.5 Å². The molecule has 3 N–H and O–H groups in total. The standard InChI is InChI=1S/C13H11ClN2O3/c1-19-10-4-2-7(14)6-9(10)8-3-5-11(15)16-12(8)13(17)18/h2-6H,1H3,(H2,15,16)(H,17,18). The zero-order chi connectivity index (χ0) is 14.0. The molecule has 0 atom stereocenters. The number of halogens is 1.